The lowest BCUT2D eigenvalue weighted by Gasteiger charge is -2.29. The van der Waals surface area contributed by atoms with Gasteiger partial charge in [-0.1, -0.05) is 0 Å². The van der Waals surface area contributed by atoms with Crippen molar-refractivity contribution in [3.8, 4) is 0 Å². The predicted octanol–water partition coefficient (Wildman–Crippen LogP) is 1.87. The van der Waals surface area contributed by atoms with Crippen molar-refractivity contribution < 1.29 is 27.4 Å². The summed E-state index contributed by atoms with van der Waals surface area (Å²) in [6, 6.07) is 0. The van der Waals surface area contributed by atoms with Gasteiger partial charge < -0.3 is 15.2 Å². The van der Waals surface area contributed by atoms with Crippen molar-refractivity contribution in [1.82, 2.24) is 0 Å². The molecule has 0 spiro atoms. The zero-order valence-corrected chi connectivity index (χ0v) is 11.0. The minimum Gasteiger partial charge on any atom is -0.469 e. The van der Waals surface area contributed by atoms with Gasteiger partial charge in [-0.25, -0.2) is 0 Å². The van der Waals surface area contributed by atoms with E-state index in [9.17, 15) is 18.0 Å². The number of hydrogen-bond acceptors (Lipinski definition) is 4. The molecule has 1 fully saturated rings. The maximum Gasteiger partial charge on any atom is 0.411 e. The molecule has 0 radical (unpaired) electrons. The maximum absolute atomic E-state index is 11.9. The van der Waals surface area contributed by atoms with Crippen LogP contribution < -0.4 is 5.73 Å². The zero-order valence-electron chi connectivity index (χ0n) is 11.0. The molecule has 0 saturated heterocycles. The van der Waals surface area contributed by atoms with Gasteiger partial charge in [0.15, 0.2) is 0 Å². The van der Waals surface area contributed by atoms with Gasteiger partial charge in [-0.3, -0.25) is 4.79 Å². The van der Waals surface area contributed by atoms with Crippen LogP contribution >= 0.6 is 0 Å². The normalized spacial score (nSPS) is 19.0. The fourth-order valence-corrected chi connectivity index (χ4v) is 2.34. The number of nitrogens with two attached hydrogens (primary N) is 1. The summed E-state index contributed by atoms with van der Waals surface area (Å²) >= 11 is 0. The van der Waals surface area contributed by atoms with Crippen LogP contribution in [0.1, 0.15) is 25.7 Å². The molecular weight excluding hydrogens is 263 g/mol. The van der Waals surface area contributed by atoms with E-state index in [0.29, 0.717) is 12.8 Å². The third kappa shape index (κ3) is 4.65. The van der Waals surface area contributed by atoms with Crippen molar-refractivity contribution in [3.05, 3.63) is 0 Å². The van der Waals surface area contributed by atoms with Gasteiger partial charge in [-0.05, 0) is 31.6 Å². The number of esters is 1. The van der Waals surface area contributed by atoms with Gasteiger partial charge >= 0.3 is 12.1 Å². The average molecular weight is 283 g/mol. The molecule has 1 rings (SSSR count). The molecule has 1 aliphatic rings. The molecule has 0 aliphatic heterocycles. The van der Waals surface area contributed by atoms with Crippen molar-refractivity contribution in [3.63, 3.8) is 0 Å². The summed E-state index contributed by atoms with van der Waals surface area (Å²) in [5.74, 6) is -0.180. The highest BCUT2D eigenvalue weighted by Crippen LogP contribution is 2.48. The number of hydrogen-bond donors (Lipinski definition) is 1. The molecule has 1 unspecified atom stereocenters. The first-order valence-electron chi connectivity index (χ1n) is 6.28. The van der Waals surface area contributed by atoms with Crippen molar-refractivity contribution >= 4 is 5.97 Å². The summed E-state index contributed by atoms with van der Waals surface area (Å²) in [6.45, 7) is -1.14. The van der Waals surface area contributed by atoms with Crippen molar-refractivity contribution in [2.75, 3.05) is 26.9 Å². The summed E-state index contributed by atoms with van der Waals surface area (Å²) in [4.78, 5) is 11.8. The van der Waals surface area contributed by atoms with Gasteiger partial charge in [0.25, 0.3) is 0 Å². The van der Waals surface area contributed by atoms with Crippen LogP contribution in [-0.4, -0.2) is 39.0 Å². The van der Waals surface area contributed by atoms with Gasteiger partial charge in [0.05, 0.1) is 12.5 Å². The first-order chi connectivity index (χ1) is 8.85. The lowest BCUT2D eigenvalue weighted by atomic mass is 9.78. The van der Waals surface area contributed by atoms with Crippen molar-refractivity contribution in [1.29, 1.82) is 0 Å². The molecule has 0 aromatic heterocycles. The van der Waals surface area contributed by atoms with Crippen LogP contribution in [-0.2, 0) is 14.3 Å². The number of halogens is 3. The first-order valence-corrected chi connectivity index (χ1v) is 6.28. The van der Waals surface area contributed by atoms with Crippen LogP contribution in [0.3, 0.4) is 0 Å². The molecule has 0 aromatic rings. The number of carbonyl (C=O) groups is 1. The smallest absolute Gasteiger partial charge is 0.411 e. The largest absolute Gasteiger partial charge is 0.469 e. The van der Waals surface area contributed by atoms with E-state index in [0.717, 1.165) is 12.8 Å². The van der Waals surface area contributed by atoms with Crippen LogP contribution in [0.2, 0.25) is 0 Å². The quantitative estimate of drug-likeness (QED) is 0.545. The van der Waals surface area contributed by atoms with E-state index >= 15 is 0 Å². The molecule has 0 heterocycles. The Bertz CT molecular complexity index is 305. The highest BCUT2D eigenvalue weighted by molar-refractivity contribution is 5.78. The Morgan fingerprint density at radius 1 is 1.37 bits per heavy atom. The van der Waals surface area contributed by atoms with Gasteiger partial charge in [0.2, 0.25) is 0 Å². The van der Waals surface area contributed by atoms with Crippen LogP contribution in [0.5, 0.6) is 0 Å². The molecule has 0 bridgehead atoms. The van der Waals surface area contributed by atoms with E-state index in [1.807, 2.05) is 0 Å². The lowest BCUT2D eigenvalue weighted by Crippen LogP contribution is -2.41. The summed E-state index contributed by atoms with van der Waals surface area (Å²) in [5, 5.41) is 0. The molecule has 0 amide bonds. The topological polar surface area (TPSA) is 61.5 Å². The Morgan fingerprint density at radius 3 is 2.42 bits per heavy atom. The molecule has 1 atom stereocenters. The fraction of sp³-hybridized carbons (Fsp3) is 0.917. The fourth-order valence-electron chi connectivity index (χ4n) is 2.34. The summed E-state index contributed by atoms with van der Waals surface area (Å²) in [5.41, 5.74) is 4.93. The number of rotatable bonds is 8. The minimum absolute atomic E-state index is 0.0367. The zero-order chi connectivity index (χ0) is 14.5. The molecule has 1 aliphatic carbocycles. The van der Waals surface area contributed by atoms with Crippen LogP contribution in [0, 0.1) is 11.3 Å². The molecule has 112 valence electrons. The van der Waals surface area contributed by atoms with Gasteiger partial charge in [0, 0.05) is 13.2 Å². The second-order valence-electron chi connectivity index (χ2n) is 4.90. The monoisotopic (exact) mass is 283 g/mol. The third-order valence-electron chi connectivity index (χ3n) is 3.49. The molecule has 4 nitrogen and oxygen atoms in total. The van der Waals surface area contributed by atoms with Crippen molar-refractivity contribution in [2.24, 2.45) is 17.1 Å². The summed E-state index contributed by atoms with van der Waals surface area (Å²) in [6.07, 6.45) is -1.73. The Labute approximate surface area is 110 Å². The molecule has 7 heteroatoms. The second-order valence-corrected chi connectivity index (χ2v) is 4.90. The summed E-state index contributed by atoms with van der Waals surface area (Å²) in [7, 11) is 1.30. The predicted molar refractivity (Wildman–Crippen MR) is 62.3 cm³/mol. The van der Waals surface area contributed by atoms with Crippen LogP contribution in [0.4, 0.5) is 13.2 Å². The Morgan fingerprint density at radius 2 is 2.00 bits per heavy atom. The Hall–Kier alpha value is -0.820. The standard InChI is InChI=1S/C12H20F3NO3/c1-18-10(17)11(7-16,9-3-4-9)5-2-6-19-8-12(13,14)15/h9H,2-8,16H2,1H3. The highest BCUT2D eigenvalue weighted by atomic mass is 19.4. The summed E-state index contributed by atoms with van der Waals surface area (Å²) < 4.78 is 45.0. The minimum atomic E-state index is -4.32. The molecule has 1 saturated carbocycles. The van der Waals surface area contributed by atoms with Crippen LogP contribution in [0.15, 0.2) is 0 Å². The van der Waals surface area contributed by atoms with Crippen LogP contribution in [0.25, 0.3) is 0 Å². The second kappa shape index (κ2) is 6.56. The van der Waals surface area contributed by atoms with Crippen molar-refractivity contribution in [2.45, 2.75) is 31.9 Å². The highest BCUT2D eigenvalue weighted by Gasteiger charge is 2.50. The lowest BCUT2D eigenvalue weighted by molar-refractivity contribution is -0.175. The SMILES string of the molecule is COC(=O)C(CN)(CCCOCC(F)(F)F)C1CC1. The first kappa shape index (κ1) is 16.2. The van der Waals surface area contributed by atoms with Gasteiger partial charge in [-0.2, -0.15) is 13.2 Å². The molecule has 2 N–H and O–H groups in total. The van der Waals surface area contributed by atoms with Gasteiger partial charge in [-0.15, -0.1) is 0 Å². The molecular formula is C12H20F3NO3. The number of ether oxygens (including phenoxy) is 2. The number of methoxy groups -OCH3 is 1. The van der Waals surface area contributed by atoms with E-state index in [1.54, 1.807) is 0 Å². The Balaban J connectivity index is 2.40. The Kier molecular flexibility index (Phi) is 5.61. The third-order valence-corrected chi connectivity index (χ3v) is 3.49. The maximum atomic E-state index is 11.9. The van der Waals surface area contributed by atoms with E-state index < -0.39 is 18.2 Å². The van der Waals surface area contributed by atoms with E-state index in [4.69, 9.17) is 10.5 Å². The van der Waals surface area contributed by atoms with E-state index in [1.165, 1.54) is 7.11 Å². The number of carbonyl (C=O) groups excluding carboxylic acids is 1. The van der Waals surface area contributed by atoms with Gasteiger partial charge in [0.1, 0.15) is 6.61 Å². The molecule has 19 heavy (non-hydrogen) atoms. The van der Waals surface area contributed by atoms with E-state index in [-0.39, 0.29) is 25.0 Å². The van der Waals surface area contributed by atoms with E-state index in [2.05, 4.69) is 4.74 Å². The average Bonchev–Trinajstić information content (AvgIpc) is 3.16. The molecule has 0 aromatic carbocycles. The number of alkyl halides is 3.